The molecule has 2 fully saturated rings. The van der Waals surface area contributed by atoms with Gasteiger partial charge in [0.25, 0.3) is 5.91 Å². The second-order valence-corrected chi connectivity index (χ2v) is 7.52. The normalized spacial score (nSPS) is 28.7. The highest BCUT2D eigenvalue weighted by molar-refractivity contribution is 5.91. The van der Waals surface area contributed by atoms with Crippen molar-refractivity contribution in [1.82, 2.24) is 25.4 Å². The van der Waals surface area contributed by atoms with Crippen molar-refractivity contribution in [2.45, 2.75) is 63.6 Å². The summed E-state index contributed by atoms with van der Waals surface area (Å²) in [7, 11) is 0. The van der Waals surface area contributed by atoms with Crippen LogP contribution in [0.15, 0.2) is 0 Å². The Bertz CT molecular complexity index is 590. The quantitative estimate of drug-likeness (QED) is 0.745. The maximum Gasteiger partial charge on any atom is 0.289 e. The summed E-state index contributed by atoms with van der Waals surface area (Å²) in [6.07, 6.45) is 6.67. The molecular formula is C17H27N5O2. The third-order valence-corrected chi connectivity index (χ3v) is 5.91. The van der Waals surface area contributed by atoms with E-state index in [2.05, 4.69) is 20.8 Å². The van der Waals surface area contributed by atoms with Gasteiger partial charge in [-0.05, 0) is 63.5 Å². The summed E-state index contributed by atoms with van der Waals surface area (Å²) >= 11 is 0. The highest BCUT2D eigenvalue weighted by atomic mass is 16.3. The first-order chi connectivity index (χ1) is 11.7. The third kappa shape index (κ3) is 3.07. The number of aliphatic hydroxyl groups excluding tert-OH is 1. The Balaban J connectivity index is 1.49. The van der Waals surface area contributed by atoms with Crippen molar-refractivity contribution in [1.29, 1.82) is 0 Å². The first-order valence-corrected chi connectivity index (χ1v) is 9.34. The van der Waals surface area contributed by atoms with Crippen molar-refractivity contribution >= 4 is 5.91 Å². The molecule has 3 N–H and O–H groups in total. The zero-order valence-corrected chi connectivity index (χ0v) is 14.1. The predicted octanol–water partition coefficient (Wildman–Crippen LogP) is 0.483. The highest BCUT2D eigenvalue weighted by Gasteiger charge is 2.39. The van der Waals surface area contributed by atoms with Crippen molar-refractivity contribution < 1.29 is 9.90 Å². The smallest absolute Gasteiger partial charge is 0.289 e. The maximum absolute atomic E-state index is 12.8. The molecule has 1 amide bonds. The summed E-state index contributed by atoms with van der Waals surface area (Å²) in [5.41, 5.74) is 0. The van der Waals surface area contributed by atoms with Gasteiger partial charge in [-0.1, -0.05) is 0 Å². The Morgan fingerprint density at radius 2 is 2.00 bits per heavy atom. The maximum atomic E-state index is 12.8. The van der Waals surface area contributed by atoms with E-state index >= 15 is 0 Å². The molecule has 1 aromatic heterocycles. The standard InChI is InChI=1S/C17H27N5O2/c23-13-9-12(10-13)15(11-4-6-18-7-5-11)19-17(24)16-21-20-14-3-1-2-8-22(14)16/h11-13,15,18,23H,1-10H2,(H,19,24)/t12?,13?,15-/m0/s1. The van der Waals surface area contributed by atoms with Gasteiger partial charge < -0.3 is 20.3 Å². The third-order valence-electron chi connectivity index (χ3n) is 5.91. The lowest BCUT2D eigenvalue weighted by Crippen LogP contribution is -2.53. The molecule has 2 aliphatic heterocycles. The number of rotatable bonds is 4. The molecule has 0 radical (unpaired) electrons. The average molecular weight is 333 g/mol. The molecule has 3 heterocycles. The highest BCUT2D eigenvalue weighted by Crippen LogP contribution is 2.36. The van der Waals surface area contributed by atoms with Gasteiger partial charge in [-0.3, -0.25) is 4.79 Å². The summed E-state index contributed by atoms with van der Waals surface area (Å²) in [5.74, 6) is 2.17. The molecule has 3 aliphatic rings. The van der Waals surface area contributed by atoms with Crippen LogP contribution in [0, 0.1) is 11.8 Å². The van der Waals surface area contributed by atoms with Gasteiger partial charge in [0.2, 0.25) is 5.82 Å². The zero-order valence-electron chi connectivity index (χ0n) is 14.1. The monoisotopic (exact) mass is 333 g/mol. The van der Waals surface area contributed by atoms with Crippen LogP contribution in [0.4, 0.5) is 0 Å². The molecule has 1 aliphatic carbocycles. The number of fused-ring (bicyclic) bond motifs is 1. The summed E-state index contributed by atoms with van der Waals surface area (Å²) in [6, 6.07) is 0.138. The van der Waals surface area contributed by atoms with Crippen LogP contribution in [0.1, 0.15) is 55.0 Å². The molecule has 0 aromatic carbocycles. The van der Waals surface area contributed by atoms with E-state index in [1.807, 2.05) is 4.57 Å². The van der Waals surface area contributed by atoms with Crippen LogP contribution in [0.2, 0.25) is 0 Å². The summed E-state index contributed by atoms with van der Waals surface area (Å²) in [6.45, 7) is 2.85. The number of hydrogen-bond acceptors (Lipinski definition) is 5. The number of amides is 1. The van der Waals surface area contributed by atoms with E-state index in [1.54, 1.807) is 0 Å². The average Bonchev–Trinajstić information content (AvgIpc) is 3.02. The minimum Gasteiger partial charge on any atom is -0.393 e. The van der Waals surface area contributed by atoms with Crippen molar-refractivity contribution in [2.75, 3.05) is 13.1 Å². The Morgan fingerprint density at radius 3 is 2.75 bits per heavy atom. The van der Waals surface area contributed by atoms with Crippen molar-refractivity contribution in [3.63, 3.8) is 0 Å². The number of nitrogens with one attached hydrogen (secondary N) is 2. The van der Waals surface area contributed by atoms with Crippen molar-refractivity contribution in [3.8, 4) is 0 Å². The molecule has 0 bridgehead atoms. The van der Waals surface area contributed by atoms with Gasteiger partial charge in [0.05, 0.1) is 6.10 Å². The molecule has 1 aromatic rings. The number of aliphatic hydroxyl groups is 1. The summed E-state index contributed by atoms with van der Waals surface area (Å²) in [4.78, 5) is 12.8. The van der Waals surface area contributed by atoms with E-state index in [1.165, 1.54) is 0 Å². The van der Waals surface area contributed by atoms with E-state index in [9.17, 15) is 9.90 Å². The summed E-state index contributed by atoms with van der Waals surface area (Å²) in [5, 5.41) is 24.7. The van der Waals surface area contributed by atoms with Crippen molar-refractivity contribution in [3.05, 3.63) is 11.6 Å². The van der Waals surface area contributed by atoms with Crippen LogP contribution in [0.3, 0.4) is 0 Å². The fourth-order valence-corrected chi connectivity index (χ4v) is 4.44. The van der Waals surface area contributed by atoms with Crippen LogP contribution >= 0.6 is 0 Å². The molecule has 1 atom stereocenters. The first-order valence-electron chi connectivity index (χ1n) is 9.34. The van der Waals surface area contributed by atoms with Crippen LogP contribution in [-0.2, 0) is 13.0 Å². The lowest BCUT2D eigenvalue weighted by Gasteiger charge is -2.43. The van der Waals surface area contributed by atoms with Gasteiger partial charge in [-0.2, -0.15) is 0 Å². The fraction of sp³-hybridized carbons (Fsp3) is 0.824. The van der Waals surface area contributed by atoms with Crippen LogP contribution in [0.25, 0.3) is 0 Å². The largest absolute Gasteiger partial charge is 0.393 e. The number of aromatic nitrogens is 3. The van der Waals surface area contributed by atoms with Crippen molar-refractivity contribution in [2.24, 2.45) is 11.8 Å². The Morgan fingerprint density at radius 1 is 1.21 bits per heavy atom. The van der Waals surface area contributed by atoms with Gasteiger partial charge in [-0.15, -0.1) is 10.2 Å². The van der Waals surface area contributed by atoms with E-state index in [0.29, 0.717) is 17.7 Å². The molecular weight excluding hydrogens is 306 g/mol. The minimum absolute atomic E-state index is 0.0967. The number of hydrogen-bond donors (Lipinski definition) is 3. The first kappa shape index (κ1) is 16.0. The molecule has 0 unspecified atom stereocenters. The molecule has 1 saturated heterocycles. The van der Waals surface area contributed by atoms with E-state index in [0.717, 1.165) is 70.4 Å². The summed E-state index contributed by atoms with van der Waals surface area (Å²) < 4.78 is 1.98. The number of aryl methyl sites for hydroxylation is 1. The molecule has 24 heavy (non-hydrogen) atoms. The van der Waals surface area contributed by atoms with Crippen LogP contribution in [-0.4, -0.2) is 51.0 Å². The van der Waals surface area contributed by atoms with Gasteiger partial charge in [0.15, 0.2) is 0 Å². The number of carbonyl (C=O) groups is 1. The molecule has 4 rings (SSSR count). The number of carbonyl (C=O) groups excluding carboxylic acids is 1. The lowest BCUT2D eigenvalue weighted by atomic mass is 9.71. The van der Waals surface area contributed by atoms with Gasteiger partial charge >= 0.3 is 0 Å². The topological polar surface area (TPSA) is 92.1 Å². The van der Waals surface area contributed by atoms with Gasteiger partial charge in [0, 0.05) is 19.0 Å². The van der Waals surface area contributed by atoms with E-state index in [-0.39, 0.29) is 18.1 Å². The lowest BCUT2D eigenvalue weighted by molar-refractivity contribution is 0.00900. The molecule has 0 spiro atoms. The van der Waals surface area contributed by atoms with Gasteiger partial charge in [-0.25, -0.2) is 0 Å². The Kier molecular flexibility index (Phi) is 4.54. The van der Waals surface area contributed by atoms with E-state index in [4.69, 9.17) is 0 Å². The Hall–Kier alpha value is -1.47. The second kappa shape index (κ2) is 6.80. The Labute approximate surface area is 142 Å². The molecule has 7 heteroatoms. The SMILES string of the molecule is O=C(N[C@@H](C1CCNCC1)C1CC(O)C1)c1nnc2n1CCCC2. The predicted molar refractivity (Wildman–Crippen MR) is 88.5 cm³/mol. The van der Waals surface area contributed by atoms with Gasteiger partial charge in [0.1, 0.15) is 5.82 Å². The van der Waals surface area contributed by atoms with Crippen LogP contribution in [0.5, 0.6) is 0 Å². The molecule has 132 valence electrons. The van der Waals surface area contributed by atoms with E-state index < -0.39 is 0 Å². The minimum atomic E-state index is -0.197. The fourth-order valence-electron chi connectivity index (χ4n) is 4.44. The zero-order chi connectivity index (χ0) is 16.5. The second-order valence-electron chi connectivity index (χ2n) is 7.52. The molecule has 7 nitrogen and oxygen atoms in total. The van der Waals surface area contributed by atoms with Crippen LogP contribution < -0.4 is 10.6 Å². The number of nitrogens with zero attached hydrogens (tertiary/aromatic N) is 3. The number of piperidine rings is 1. The molecule has 1 saturated carbocycles.